The molecule has 0 amide bonds. The highest BCUT2D eigenvalue weighted by Gasteiger charge is 2.51. The van der Waals surface area contributed by atoms with Crippen LogP contribution in [0.25, 0.3) is 0 Å². The van der Waals surface area contributed by atoms with Crippen LogP contribution in [-0.4, -0.2) is 44.4 Å². The van der Waals surface area contributed by atoms with Gasteiger partial charge < -0.3 is 18.9 Å². The quantitative estimate of drug-likeness (QED) is 0.780. The number of nitrogens with zero attached hydrogens (tertiary/aromatic N) is 1. The summed E-state index contributed by atoms with van der Waals surface area (Å²) < 4.78 is 114. The minimum Gasteiger partial charge on any atom is -0.399 e. The van der Waals surface area contributed by atoms with Gasteiger partial charge in [-0.05, 0) is 45.2 Å². The third-order valence-corrected chi connectivity index (χ3v) is 3.76. The molecule has 2 saturated heterocycles. The van der Waals surface area contributed by atoms with Gasteiger partial charge in [0.2, 0.25) is 0 Å². The fraction of sp³-hybridized carbons (Fsp3) is 0.625. The van der Waals surface area contributed by atoms with Gasteiger partial charge in [0.15, 0.2) is 0 Å². The average Bonchev–Trinajstić information content (AvgIpc) is 2.81. The van der Waals surface area contributed by atoms with Crippen molar-refractivity contribution in [3.63, 3.8) is 0 Å². The van der Waals surface area contributed by atoms with Gasteiger partial charge in [-0.2, -0.15) is 0 Å². The normalized spacial score (nSPS) is 42.3. The predicted molar refractivity (Wildman–Crippen MR) is 85.2 cm³/mol. The van der Waals surface area contributed by atoms with Crippen molar-refractivity contribution in [1.29, 1.82) is 0 Å². The molecule has 0 radical (unpaired) electrons. The molecule has 2 aliphatic heterocycles. The fourth-order valence-electron chi connectivity index (χ4n) is 1.81. The molecule has 114 valence electrons. The summed E-state index contributed by atoms with van der Waals surface area (Å²) in [6, 6.07) is -3.27. The first-order valence-electron chi connectivity index (χ1n) is 12.5. The van der Waals surface area contributed by atoms with Gasteiger partial charge >= 0.3 is 7.12 Å². The van der Waals surface area contributed by atoms with Crippen molar-refractivity contribution >= 4 is 18.3 Å². The summed E-state index contributed by atoms with van der Waals surface area (Å²) in [6.07, 6.45) is 0. The highest BCUT2D eigenvalue weighted by atomic mass is 16.7. The van der Waals surface area contributed by atoms with Gasteiger partial charge in [-0.1, -0.05) is 12.1 Å². The van der Waals surface area contributed by atoms with Gasteiger partial charge in [0.25, 0.3) is 0 Å². The van der Waals surface area contributed by atoms with Crippen LogP contribution in [0.5, 0.6) is 0 Å². The summed E-state index contributed by atoms with van der Waals surface area (Å²) in [6.45, 7) is -6.77. The van der Waals surface area contributed by atoms with Crippen molar-refractivity contribution in [2.75, 3.05) is 31.0 Å². The monoisotopic (exact) mass is 301 g/mol. The van der Waals surface area contributed by atoms with Gasteiger partial charge in [0, 0.05) is 18.7 Å². The molecular weight excluding hydrogens is 265 g/mol. The van der Waals surface area contributed by atoms with E-state index >= 15 is 0 Å². The standard InChI is InChI=1S/C16H24BNO3/c1-15(2)16(3,4)21-17(20-15)13-5-7-14(8-6-13)18-9-11-19-12-10-18/h5-8H,9-12H2,1-4H3/i5D,6D,7D,8D,9D2,10D2,11D2,12D2. The lowest BCUT2D eigenvalue weighted by Gasteiger charge is -2.32. The minimum absolute atomic E-state index is 0.0573. The highest BCUT2D eigenvalue weighted by Crippen LogP contribution is 2.36. The summed E-state index contributed by atoms with van der Waals surface area (Å²) in [5.41, 5.74) is -3.00. The van der Waals surface area contributed by atoms with Crippen molar-refractivity contribution < 1.29 is 30.5 Å². The lowest BCUT2D eigenvalue weighted by molar-refractivity contribution is 0.00578. The topological polar surface area (TPSA) is 30.9 Å². The Labute approximate surface area is 144 Å². The molecule has 0 saturated carbocycles. The maximum absolute atomic E-state index is 8.43. The molecule has 4 nitrogen and oxygen atoms in total. The molecule has 0 atom stereocenters. The summed E-state index contributed by atoms with van der Waals surface area (Å²) in [5.74, 6) is 0. The first-order valence-corrected chi connectivity index (χ1v) is 6.50. The van der Waals surface area contributed by atoms with E-state index in [0.717, 1.165) is 0 Å². The Morgan fingerprint density at radius 1 is 1.05 bits per heavy atom. The van der Waals surface area contributed by atoms with Crippen LogP contribution in [-0.2, 0) is 14.0 Å². The minimum atomic E-state index is -3.42. The van der Waals surface area contributed by atoms with Crippen LogP contribution < -0.4 is 10.4 Å². The molecule has 1 aromatic rings. The van der Waals surface area contributed by atoms with Crippen molar-refractivity contribution in [3.05, 3.63) is 24.2 Å². The van der Waals surface area contributed by atoms with Crippen molar-refractivity contribution in [2.45, 2.75) is 38.9 Å². The molecule has 0 unspecified atom stereocenters. The Balaban J connectivity index is 2.28. The molecule has 2 aliphatic rings. The number of benzene rings is 1. The summed E-state index contributed by atoms with van der Waals surface area (Å²) in [4.78, 5) is -0.0573. The van der Waals surface area contributed by atoms with Crippen LogP contribution in [0.3, 0.4) is 0 Å². The van der Waals surface area contributed by atoms with Crippen molar-refractivity contribution in [1.82, 2.24) is 0 Å². The molecule has 0 N–H and O–H groups in total. The van der Waals surface area contributed by atoms with Crippen LogP contribution in [0.4, 0.5) is 5.69 Å². The SMILES string of the molecule is [2H]c1c([2H])c(N2C([2H])([2H])C([2H])([2H])OC([2H])([2H])C2([2H])[2H])c([2H])c([2H])c1B1OC(C)(C)C(C)(C)O1. The maximum Gasteiger partial charge on any atom is 0.494 e. The van der Waals surface area contributed by atoms with E-state index in [9.17, 15) is 0 Å². The van der Waals surface area contributed by atoms with E-state index in [0.29, 0.717) is 0 Å². The van der Waals surface area contributed by atoms with Gasteiger partial charge in [0.1, 0.15) is 0 Å². The van der Waals surface area contributed by atoms with Gasteiger partial charge in [0.05, 0.1) is 40.8 Å². The van der Waals surface area contributed by atoms with Gasteiger partial charge in [-0.25, -0.2) is 0 Å². The molecule has 5 heteroatoms. The zero-order valence-corrected chi connectivity index (χ0v) is 12.2. The predicted octanol–water partition coefficient (Wildman–Crippen LogP) is 1.82. The summed E-state index contributed by atoms with van der Waals surface area (Å²) >= 11 is 0. The maximum atomic E-state index is 8.43. The van der Waals surface area contributed by atoms with Gasteiger partial charge in [-0.3, -0.25) is 0 Å². The Morgan fingerprint density at radius 3 is 2.10 bits per heavy atom. The van der Waals surface area contributed by atoms with Crippen LogP contribution in [0.15, 0.2) is 24.2 Å². The second-order valence-electron chi connectivity index (χ2n) is 5.72. The zero-order valence-electron chi connectivity index (χ0n) is 24.2. The lowest BCUT2D eigenvalue weighted by atomic mass is 9.79. The molecule has 0 bridgehead atoms. The van der Waals surface area contributed by atoms with E-state index in [4.69, 9.17) is 25.8 Å². The average molecular weight is 301 g/mol. The molecular formula is C16H24BNO3. The second kappa shape index (κ2) is 5.31. The molecule has 3 rings (SSSR count). The largest absolute Gasteiger partial charge is 0.494 e. The first-order chi connectivity index (χ1) is 14.5. The number of ether oxygens (including phenoxy) is 1. The molecule has 0 aliphatic carbocycles. The van der Waals surface area contributed by atoms with Crippen LogP contribution in [0.1, 0.15) is 44.1 Å². The summed E-state index contributed by atoms with van der Waals surface area (Å²) in [5, 5.41) is 0. The number of anilines is 1. The Kier molecular flexibility index (Phi) is 1.57. The summed E-state index contributed by atoms with van der Waals surface area (Å²) in [7, 11) is -1.31. The van der Waals surface area contributed by atoms with E-state index in [1.54, 1.807) is 27.7 Å². The highest BCUT2D eigenvalue weighted by molar-refractivity contribution is 6.62. The Bertz CT molecular complexity index is 928. The molecule has 1 aromatic carbocycles. The van der Waals surface area contributed by atoms with E-state index < -0.39 is 74.3 Å². The smallest absolute Gasteiger partial charge is 0.399 e. The van der Waals surface area contributed by atoms with Gasteiger partial charge in [-0.15, -0.1) is 0 Å². The number of hydrogen-bond acceptors (Lipinski definition) is 4. The van der Waals surface area contributed by atoms with Crippen LogP contribution in [0, 0.1) is 0 Å². The lowest BCUT2D eigenvalue weighted by Crippen LogP contribution is -2.41. The van der Waals surface area contributed by atoms with Crippen molar-refractivity contribution in [2.24, 2.45) is 0 Å². The third-order valence-electron chi connectivity index (χ3n) is 3.76. The van der Waals surface area contributed by atoms with Crippen LogP contribution in [0.2, 0.25) is 0 Å². The number of rotatable bonds is 2. The Hall–Kier alpha value is -1.04. The molecule has 2 heterocycles. The van der Waals surface area contributed by atoms with Crippen LogP contribution >= 0.6 is 0 Å². The molecule has 2 fully saturated rings. The molecule has 0 aromatic heterocycles. The Morgan fingerprint density at radius 2 is 1.57 bits per heavy atom. The van der Waals surface area contributed by atoms with Crippen molar-refractivity contribution in [3.8, 4) is 0 Å². The second-order valence-corrected chi connectivity index (χ2v) is 5.72. The van der Waals surface area contributed by atoms with E-state index in [-0.39, 0.29) is 10.4 Å². The zero-order chi connectivity index (χ0) is 25.7. The number of hydrogen-bond donors (Lipinski definition) is 0. The first kappa shape index (κ1) is 6.22. The molecule has 0 spiro atoms. The molecule has 21 heavy (non-hydrogen) atoms. The third kappa shape index (κ3) is 2.82. The van der Waals surface area contributed by atoms with E-state index in [2.05, 4.69) is 4.74 Å². The van der Waals surface area contributed by atoms with E-state index in [1.807, 2.05) is 0 Å². The fourth-order valence-corrected chi connectivity index (χ4v) is 1.81. The van der Waals surface area contributed by atoms with E-state index in [1.165, 1.54) is 0 Å². The number of morpholine rings is 1.